The number of nitrogens with zero attached hydrogens (tertiary/aromatic N) is 2. The molecule has 21 heavy (non-hydrogen) atoms. The minimum absolute atomic E-state index is 0.00143. The van der Waals surface area contributed by atoms with Gasteiger partial charge in [0.15, 0.2) is 0 Å². The molecule has 2 aromatic carbocycles. The quantitative estimate of drug-likeness (QED) is 0.740. The van der Waals surface area contributed by atoms with Crippen LogP contribution < -0.4 is 0 Å². The molecule has 0 aliphatic heterocycles. The first kappa shape index (κ1) is 13.8. The molecule has 0 bridgehead atoms. The summed E-state index contributed by atoms with van der Waals surface area (Å²) < 4.78 is 2.01. The van der Waals surface area contributed by atoms with Gasteiger partial charge in [0, 0.05) is 17.7 Å². The molecule has 3 aromatic rings. The van der Waals surface area contributed by atoms with Crippen LogP contribution in [0.3, 0.4) is 0 Å². The molecule has 108 valence electrons. The van der Waals surface area contributed by atoms with Crippen molar-refractivity contribution in [3.8, 4) is 22.9 Å². The molecule has 0 unspecified atom stereocenters. The number of aromatic nitrogens is 2. The third kappa shape index (κ3) is 2.32. The molecule has 0 saturated carbocycles. The summed E-state index contributed by atoms with van der Waals surface area (Å²) in [6, 6.07) is 10.2. The highest BCUT2D eigenvalue weighted by molar-refractivity contribution is 6.35. The van der Waals surface area contributed by atoms with Gasteiger partial charge in [0.05, 0.1) is 16.1 Å². The molecule has 0 aliphatic rings. The van der Waals surface area contributed by atoms with E-state index in [4.69, 9.17) is 11.6 Å². The second kappa shape index (κ2) is 4.97. The molecule has 5 heteroatoms. The first-order chi connectivity index (χ1) is 9.97. The Morgan fingerprint density at radius 3 is 2.38 bits per heavy atom. The van der Waals surface area contributed by atoms with Crippen LogP contribution in [-0.4, -0.2) is 19.8 Å². The van der Waals surface area contributed by atoms with Gasteiger partial charge in [-0.1, -0.05) is 17.7 Å². The first-order valence-corrected chi connectivity index (χ1v) is 7.05. The van der Waals surface area contributed by atoms with E-state index in [1.807, 2.05) is 36.6 Å². The van der Waals surface area contributed by atoms with Crippen molar-refractivity contribution in [1.82, 2.24) is 9.55 Å². The number of rotatable bonds is 2. The van der Waals surface area contributed by atoms with Crippen LogP contribution in [0.2, 0.25) is 5.02 Å². The number of fused-ring (bicyclic) bond motifs is 1. The van der Waals surface area contributed by atoms with Gasteiger partial charge >= 0.3 is 0 Å². The van der Waals surface area contributed by atoms with Crippen LogP contribution in [-0.2, 0) is 0 Å². The predicted molar refractivity (Wildman–Crippen MR) is 83.9 cm³/mol. The fourth-order valence-corrected chi connectivity index (χ4v) is 2.80. The van der Waals surface area contributed by atoms with Crippen molar-refractivity contribution in [3.05, 3.63) is 41.4 Å². The lowest BCUT2D eigenvalue weighted by atomic mass is 10.2. The van der Waals surface area contributed by atoms with E-state index in [2.05, 4.69) is 4.98 Å². The average Bonchev–Trinajstić information content (AvgIpc) is 2.78. The second-order valence-electron chi connectivity index (χ2n) is 5.24. The molecule has 0 saturated heterocycles. The largest absolute Gasteiger partial charge is 0.508 e. The summed E-state index contributed by atoms with van der Waals surface area (Å²) in [5.74, 6) is 0.663. The molecule has 1 aromatic heterocycles. The highest BCUT2D eigenvalue weighted by atomic mass is 35.5. The number of phenols is 2. The third-order valence-corrected chi connectivity index (χ3v) is 3.64. The van der Waals surface area contributed by atoms with Crippen molar-refractivity contribution < 1.29 is 10.2 Å². The fourth-order valence-electron chi connectivity index (χ4n) is 2.54. The Labute approximate surface area is 127 Å². The van der Waals surface area contributed by atoms with Crippen molar-refractivity contribution in [2.24, 2.45) is 0 Å². The summed E-state index contributed by atoms with van der Waals surface area (Å²) in [4.78, 5) is 4.60. The SMILES string of the molecule is CC(C)n1c(-c2cc(O)cc(O)c2)nc2cccc(Cl)c21. The molecule has 0 amide bonds. The Hall–Kier alpha value is -2.20. The van der Waals surface area contributed by atoms with Crippen molar-refractivity contribution in [3.63, 3.8) is 0 Å². The summed E-state index contributed by atoms with van der Waals surface area (Å²) in [6.07, 6.45) is 0. The average molecular weight is 303 g/mol. The molecular weight excluding hydrogens is 288 g/mol. The van der Waals surface area contributed by atoms with Crippen molar-refractivity contribution >= 4 is 22.6 Å². The molecular formula is C16H15ClN2O2. The van der Waals surface area contributed by atoms with E-state index in [1.54, 1.807) is 12.1 Å². The Balaban J connectivity index is 2.37. The van der Waals surface area contributed by atoms with Gasteiger partial charge in [-0.2, -0.15) is 0 Å². The molecule has 0 aliphatic carbocycles. The van der Waals surface area contributed by atoms with E-state index < -0.39 is 0 Å². The zero-order valence-electron chi connectivity index (χ0n) is 11.7. The van der Waals surface area contributed by atoms with Crippen LogP contribution in [0.25, 0.3) is 22.4 Å². The smallest absolute Gasteiger partial charge is 0.141 e. The van der Waals surface area contributed by atoms with E-state index in [9.17, 15) is 10.2 Å². The van der Waals surface area contributed by atoms with Gasteiger partial charge in [-0.25, -0.2) is 4.98 Å². The van der Waals surface area contributed by atoms with E-state index in [0.29, 0.717) is 16.4 Å². The monoisotopic (exact) mass is 302 g/mol. The summed E-state index contributed by atoms with van der Waals surface area (Å²) in [5, 5.41) is 20.0. The summed E-state index contributed by atoms with van der Waals surface area (Å²) >= 11 is 6.31. The van der Waals surface area contributed by atoms with Crippen LogP contribution in [0.4, 0.5) is 0 Å². The number of halogens is 1. The molecule has 3 rings (SSSR count). The number of para-hydroxylation sites is 1. The molecule has 0 fully saturated rings. The van der Waals surface area contributed by atoms with Crippen LogP contribution in [0.15, 0.2) is 36.4 Å². The number of hydrogen-bond acceptors (Lipinski definition) is 3. The molecule has 0 radical (unpaired) electrons. The normalized spacial score (nSPS) is 11.4. The lowest BCUT2D eigenvalue weighted by molar-refractivity contribution is 0.451. The summed E-state index contributed by atoms with van der Waals surface area (Å²) in [7, 11) is 0. The molecule has 0 spiro atoms. The molecule has 4 nitrogen and oxygen atoms in total. The number of imidazole rings is 1. The van der Waals surface area contributed by atoms with Gasteiger partial charge in [0.25, 0.3) is 0 Å². The van der Waals surface area contributed by atoms with Gasteiger partial charge in [0.1, 0.15) is 17.3 Å². The Morgan fingerprint density at radius 2 is 1.76 bits per heavy atom. The predicted octanol–water partition coefficient (Wildman–Crippen LogP) is 4.35. The number of hydrogen-bond donors (Lipinski definition) is 2. The highest BCUT2D eigenvalue weighted by Gasteiger charge is 2.17. The molecule has 1 heterocycles. The number of aromatic hydroxyl groups is 2. The van der Waals surface area contributed by atoms with E-state index in [0.717, 1.165) is 11.0 Å². The van der Waals surface area contributed by atoms with Crippen LogP contribution in [0, 0.1) is 0 Å². The maximum atomic E-state index is 9.69. The fraction of sp³-hybridized carbons (Fsp3) is 0.188. The number of phenolic OH excluding ortho intramolecular Hbond substituents is 2. The van der Waals surface area contributed by atoms with Crippen molar-refractivity contribution in [2.45, 2.75) is 19.9 Å². The van der Waals surface area contributed by atoms with Gasteiger partial charge in [0.2, 0.25) is 0 Å². The van der Waals surface area contributed by atoms with Gasteiger partial charge < -0.3 is 14.8 Å². The van der Waals surface area contributed by atoms with E-state index >= 15 is 0 Å². The highest BCUT2D eigenvalue weighted by Crippen LogP contribution is 2.34. The molecule has 2 N–H and O–H groups in total. The zero-order chi connectivity index (χ0) is 15.1. The second-order valence-corrected chi connectivity index (χ2v) is 5.65. The van der Waals surface area contributed by atoms with Gasteiger partial charge in [-0.15, -0.1) is 0 Å². The maximum Gasteiger partial charge on any atom is 0.141 e. The van der Waals surface area contributed by atoms with Crippen LogP contribution in [0.1, 0.15) is 19.9 Å². The third-order valence-electron chi connectivity index (χ3n) is 3.34. The summed E-state index contributed by atoms with van der Waals surface area (Å²) in [6.45, 7) is 4.08. The van der Waals surface area contributed by atoms with E-state index in [1.165, 1.54) is 6.07 Å². The molecule has 0 atom stereocenters. The summed E-state index contributed by atoms with van der Waals surface area (Å²) in [5.41, 5.74) is 2.29. The maximum absolute atomic E-state index is 9.69. The minimum atomic E-state index is -0.00143. The standard InChI is InChI=1S/C16H15ClN2O2/c1-9(2)19-15-13(17)4-3-5-14(15)18-16(19)10-6-11(20)8-12(21)7-10/h3-9,20-21H,1-2H3. The Kier molecular flexibility index (Phi) is 3.26. The Morgan fingerprint density at radius 1 is 1.10 bits per heavy atom. The van der Waals surface area contributed by atoms with E-state index in [-0.39, 0.29) is 17.5 Å². The topological polar surface area (TPSA) is 58.3 Å². The Bertz CT molecular complexity index is 804. The van der Waals surface area contributed by atoms with Crippen molar-refractivity contribution in [1.29, 1.82) is 0 Å². The number of benzene rings is 2. The van der Waals surface area contributed by atoms with Crippen LogP contribution >= 0.6 is 11.6 Å². The van der Waals surface area contributed by atoms with Gasteiger partial charge in [-0.3, -0.25) is 0 Å². The zero-order valence-corrected chi connectivity index (χ0v) is 12.5. The van der Waals surface area contributed by atoms with Crippen molar-refractivity contribution in [2.75, 3.05) is 0 Å². The first-order valence-electron chi connectivity index (χ1n) is 6.67. The van der Waals surface area contributed by atoms with Crippen LogP contribution in [0.5, 0.6) is 11.5 Å². The minimum Gasteiger partial charge on any atom is -0.508 e. The lowest BCUT2D eigenvalue weighted by Gasteiger charge is -2.14. The van der Waals surface area contributed by atoms with Gasteiger partial charge in [-0.05, 0) is 38.1 Å². The lowest BCUT2D eigenvalue weighted by Crippen LogP contribution is -2.03.